The molecule has 0 spiro atoms. The van der Waals surface area contributed by atoms with E-state index in [0.717, 1.165) is 12.0 Å². The number of carbonyl (C=O) groups excluding carboxylic acids is 4. The zero-order chi connectivity index (χ0) is 38.1. The molecular weight excluding hydrogens is 747 g/mol. The molecule has 1 N–H and O–H groups in total. The smallest absolute Gasteiger partial charge is 0.411 e. The number of fused-ring (bicyclic) bond motifs is 5. The molecule has 17 heteroatoms. The number of methoxy groups -OCH3 is 1. The Labute approximate surface area is 316 Å². The van der Waals surface area contributed by atoms with Gasteiger partial charge in [-0.1, -0.05) is 54.2 Å². The van der Waals surface area contributed by atoms with Gasteiger partial charge in [0.05, 0.1) is 38.4 Å². The SMILES string of the molecule is CCCCOc1c(OC)c(C)cc2c1C1C(CO)N(C(COC(C)=O)c3cc(OC(C)=O)c(C)c4c3OCO4)C(=O)C(C2)N1C(=O)OCC(Cl)(Cl)Cl. The standard InChI is InChI=1S/C35H41Cl3N2O12/c1-7-8-9-47-32-27-21(10-17(2)29(32)46-6)11-23-33(44)39(24(13-41)28(27)40(23)34(45)49-15-35(36,37)38)25(14-48-19(4)42)22-12-26(52-20(5)43)18(3)30-31(22)51-16-50-30/h10,12,23-25,28,41H,7-9,11,13-16H2,1-6H3. The van der Waals surface area contributed by atoms with E-state index in [9.17, 15) is 24.3 Å². The van der Waals surface area contributed by atoms with Gasteiger partial charge in [0, 0.05) is 37.0 Å². The highest BCUT2D eigenvalue weighted by molar-refractivity contribution is 6.67. The summed E-state index contributed by atoms with van der Waals surface area (Å²) in [6.45, 7) is 6.39. The fourth-order valence-electron chi connectivity index (χ4n) is 7.03. The molecule has 0 radical (unpaired) electrons. The lowest BCUT2D eigenvalue weighted by Crippen LogP contribution is -2.68. The lowest BCUT2D eigenvalue weighted by molar-refractivity contribution is -0.163. The van der Waals surface area contributed by atoms with Crippen LogP contribution in [-0.4, -0.2) is 95.1 Å². The highest BCUT2D eigenvalue weighted by Gasteiger charge is 2.57. The third-order valence-corrected chi connectivity index (χ3v) is 9.45. The summed E-state index contributed by atoms with van der Waals surface area (Å²) in [7, 11) is 1.50. The Morgan fingerprint density at radius 3 is 2.38 bits per heavy atom. The van der Waals surface area contributed by atoms with Crippen LogP contribution in [0.2, 0.25) is 0 Å². The fraction of sp³-hybridized carbons (Fsp3) is 0.543. The third kappa shape index (κ3) is 7.75. The number of aryl methyl sites for hydroxylation is 1. The van der Waals surface area contributed by atoms with Crippen LogP contribution in [0.25, 0.3) is 0 Å². The molecule has 0 aliphatic carbocycles. The predicted octanol–water partition coefficient (Wildman–Crippen LogP) is 5.43. The van der Waals surface area contributed by atoms with Crippen LogP contribution < -0.4 is 23.7 Å². The molecule has 3 aliphatic heterocycles. The molecule has 14 nitrogen and oxygen atoms in total. The predicted molar refractivity (Wildman–Crippen MR) is 188 cm³/mol. The fourth-order valence-corrected chi connectivity index (χ4v) is 7.19. The molecule has 4 atom stereocenters. The number of alkyl halides is 3. The molecule has 4 unspecified atom stereocenters. The van der Waals surface area contributed by atoms with E-state index >= 15 is 0 Å². The number of aliphatic hydroxyl groups excluding tert-OH is 1. The molecule has 0 saturated carbocycles. The lowest BCUT2D eigenvalue weighted by Gasteiger charge is -2.55. The monoisotopic (exact) mass is 786 g/mol. The van der Waals surface area contributed by atoms with Crippen LogP contribution in [0.5, 0.6) is 28.7 Å². The molecule has 3 aliphatic rings. The molecule has 5 rings (SSSR count). The maximum Gasteiger partial charge on any atom is 0.411 e. The van der Waals surface area contributed by atoms with Crippen molar-refractivity contribution in [2.24, 2.45) is 0 Å². The van der Waals surface area contributed by atoms with E-state index in [2.05, 4.69) is 0 Å². The van der Waals surface area contributed by atoms with Crippen molar-refractivity contribution in [2.75, 3.05) is 40.3 Å². The molecule has 0 aromatic heterocycles. The Balaban J connectivity index is 1.75. The molecule has 2 aromatic carbocycles. The Bertz CT molecular complexity index is 1730. The number of benzene rings is 2. The number of rotatable bonds is 12. The largest absolute Gasteiger partial charge is 0.493 e. The van der Waals surface area contributed by atoms with E-state index in [0.29, 0.717) is 41.2 Å². The van der Waals surface area contributed by atoms with Gasteiger partial charge in [0.2, 0.25) is 16.5 Å². The van der Waals surface area contributed by atoms with Crippen LogP contribution in [0.4, 0.5) is 4.79 Å². The Hall–Kier alpha value is -3.85. The summed E-state index contributed by atoms with van der Waals surface area (Å²) in [6.07, 6.45) is 0.567. The Kier molecular flexibility index (Phi) is 12.1. The third-order valence-electron chi connectivity index (χ3n) is 9.12. The van der Waals surface area contributed by atoms with E-state index in [-0.39, 0.29) is 36.0 Å². The minimum absolute atomic E-state index is 0.00174. The molecule has 284 valence electrons. The summed E-state index contributed by atoms with van der Waals surface area (Å²) >= 11 is 17.8. The number of nitrogens with zero attached hydrogens (tertiary/aromatic N) is 2. The molecule has 2 bridgehead atoms. The number of hydrogen-bond acceptors (Lipinski definition) is 12. The normalized spacial score (nSPS) is 19.5. The van der Waals surface area contributed by atoms with Crippen molar-refractivity contribution in [3.8, 4) is 28.7 Å². The van der Waals surface area contributed by atoms with Crippen molar-refractivity contribution in [3.05, 3.63) is 39.9 Å². The summed E-state index contributed by atoms with van der Waals surface area (Å²) in [5.41, 5.74) is 2.65. The number of piperazine rings is 1. The minimum atomic E-state index is -1.96. The summed E-state index contributed by atoms with van der Waals surface area (Å²) in [6, 6.07) is -1.32. The first-order valence-corrected chi connectivity index (χ1v) is 17.8. The molecular formula is C35H41Cl3N2O12. The number of aliphatic hydroxyl groups is 1. The van der Waals surface area contributed by atoms with E-state index in [1.54, 1.807) is 6.92 Å². The van der Waals surface area contributed by atoms with Crippen molar-refractivity contribution in [1.29, 1.82) is 0 Å². The second-order valence-electron chi connectivity index (χ2n) is 12.6. The van der Waals surface area contributed by atoms with E-state index in [4.69, 9.17) is 68.0 Å². The molecule has 3 heterocycles. The van der Waals surface area contributed by atoms with Crippen LogP contribution in [0.15, 0.2) is 12.1 Å². The average molecular weight is 788 g/mol. The van der Waals surface area contributed by atoms with Gasteiger partial charge in [-0.3, -0.25) is 19.3 Å². The van der Waals surface area contributed by atoms with Gasteiger partial charge in [-0.15, -0.1) is 0 Å². The minimum Gasteiger partial charge on any atom is -0.493 e. The van der Waals surface area contributed by atoms with E-state index < -0.39 is 71.7 Å². The molecule has 1 fully saturated rings. The van der Waals surface area contributed by atoms with E-state index in [1.807, 2.05) is 19.9 Å². The summed E-state index contributed by atoms with van der Waals surface area (Å²) < 4.78 is 38.4. The van der Waals surface area contributed by atoms with Crippen molar-refractivity contribution < 1.29 is 57.4 Å². The summed E-state index contributed by atoms with van der Waals surface area (Å²) in [5, 5.41) is 11.3. The maximum atomic E-state index is 15.0. The summed E-state index contributed by atoms with van der Waals surface area (Å²) in [4.78, 5) is 56.0. The van der Waals surface area contributed by atoms with Gasteiger partial charge in [0.15, 0.2) is 23.0 Å². The number of hydrogen-bond donors (Lipinski definition) is 1. The van der Waals surface area contributed by atoms with Gasteiger partial charge in [-0.05, 0) is 37.5 Å². The van der Waals surface area contributed by atoms with Crippen LogP contribution >= 0.6 is 34.8 Å². The van der Waals surface area contributed by atoms with Crippen LogP contribution in [-0.2, 0) is 30.3 Å². The number of unbranched alkanes of at least 4 members (excludes halogenated alkanes) is 1. The Morgan fingerprint density at radius 1 is 1.06 bits per heavy atom. The Morgan fingerprint density at radius 2 is 1.77 bits per heavy atom. The van der Waals surface area contributed by atoms with Gasteiger partial charge in [0.1, 0.15) is 25.0 Å². The first-order valence-electron chi connectivity index (χ1n) is 16.7. The van der Waals surface area contributed by atoms with Crippen molar-refractivity contribution in [2.45, 2.75) is 81.8 Å². The molecule has 2 amide bonds. The number of ether oxygens (including phenoxy) is 7. The number of esters is 2. The highest BCUT2D eigenvalue weighted by Crippen LogP contribution is 2.53. The van der Waals surface area contributed by atoms with Gasteiger partial charge in [-0.2, -0.15) is 0 Å². The second kappa shape index (κ2) is 16.0. The van der Waals surface area contributed by atoms with Crippen molar-refractivity contribution >= 4 is 58.7 Å². The van der Waals surface area contributed by atoms with Gasteiger partial charge >= 0.3 is 18.0 Å². The first-order chi connectivity index (χ1) is 24.6. The summed E-state index contributed by atoms with van der Waals surface area (Å²) in [5.74, 6) is -0.513. The van der Waals surface area contributed by atoms with Crippen LogP contribution in [0, 0.1) is 13.8 Å². The molecule has 52 heavy (non-hydrogen) atoms. The van der Waals surface area contributed by atoms with Gasteiger partial charge in [0.25, 0.3) is 0 Å². The zero-order valence-electron chi connectivity index (χ0n) is 29.6. The topological polar surface area (TPSA) is 160 Å². The molecule has 2 aromatic rings. The highest BCUT2D eigenvalue weighted by atomic mass is 35.6. The van der Waals surface area contributed by atoms with Crippen LogP contribution in [0.1, 0.15) is 73.5 Å². The number of carbonyl (C=O) groups is 4. The maximum absolute atomic E-state index is 15.0. The van der Waals surface area contributed by atoms with Gasteiger partial charge < -0.3 is 43.2 Å². The zero-order valence-corrected chi connectivity index (χ0v) is 31.9. The number of halogens is 3. The van der Waals surface area contributed by atoms with Crippen molar-refractivity contribution in [1.82, 2.24) is 9.80 Å². The van der Waals surface area contributed by atoms with Crippen LogP contribution in [0.3, 0.4) is 0 Å². The van der Waals surface area contributed by atoms with E-state index in [1.165, 1.54) is 36.8 Å². The average Bonchev–Trinajstić information content (AvgIpc) is 3.57. The van der Waals surface area contributed by atoms with Crippen molar-refractivity contribution in [3.63, 3.8) is 0 Å². The quantitative estimate of drug-likeness (QED) is 0.126. The second-order valence-corrected chi connectivity index (χ2v) is 15.1. The molecule has 1 saturated heterocycles. The van der Waals surface area contributed by atoms with Gasteiger partial charge in [-0.25, -0.2) is 4.79 Å². The number of amides is 2. The first kappa shape index (κ1) is 39.4. The lowest BCUT2D eigenvalue weighted by atomic mass is 9.78.